The number of rotatable bonds is 21. The lowest BCUT2D eigenvalue weighted by atomic mass is 10.3. The Bertz CT molecular complexity index is 320. The maximum Gasteiger partial charge on any atom is 0.0558 e. The second kappa shape index (κ2) is 20.0. The molecule has 0 amide bonds. The van der Waals surface area contributed by atoms with Crippen molar-refractivity contribution in [2.45, 2.75) is 26.2 Å². The van der Waals surface area contributed by atoms with Gasteiger partial charge < -0.3 is 30.9 Å². The van der Waals surface area contributed by atoms with E-state index in [1.807, 2.05) is 0 Å². The molecule has 0 unspecified atom stereocenters. The molecule has 8 heteroatoms. The monoisotopic (exact) mass is 405 g/mol. The molecule has 170 valence electrons. The van der Waals surface area contributed by atoms with Crippen molar-refractivity contribution in [2.75, 3.05) is 105 Å². The molecule has 8 nitrogen and oxygen atoms in total. The van der Waals surface area contributed by atoms with Gasteiger partial charge in [0.15, 0.2) is 0 Å². The van der Waals surface area contributed by atoms with Gasteiger partial charge in [-0.15, -0.1) is 0 Å². The van der Waals surface area contributed by atoms with Crippen LogP contribution in [0.5, 0.6) is 0 Å². The molecule has 0 radical (unpaired) electrons. The lowest BCUT2D eigenvalue weighted by molar-refractivity contribution is 0.123. The fourth-order valence-electron chi connectivity index (χ4n) is 3.26. The molecule has 28 heavy (non-hydrogen) atoms. The zero-order valence-corrected chi connectivity index (χ0v) is 18.4. The van der Waals surface area contributed by atoms with E-state index in [1.165, 1.54) is 0 Å². The Labute approximate surface area is 172 Å². The number of aliphatic hydroxyl groups excluding tert-OH is 3. The van der Waals surface area contributed by atoms with Crippen LogP contribution in [-0.4, -0.2) is 140 Å². The average molecular weight is 406 g/mol. The first kappa shape index (κ1) is 27.7. The molecule has 0 aromatic rings. The highest BCUT2D eigenvalue weighted by molar-refractivity contribution is 4.68. The lowest BCUT2D eigenvalue weighted by Gasteiger charge is -2.30. The summed E-state index contributed by atoms with van der Waals surface area (Å²) in [7, 11) is 2.18. The third-order valence-corrected chi connectivity index (χ3v) is 5.05. The Morgan fingerprint density at radius 1 is 0.571 bits per heavy atom. The summed E-state index contributed by atoms with van der Waals surface area (Å²) in [6, 6.07) is 0. The van der Waals surface area contributed by atoms with Crippen molar-refractivity contribution in [3.63, 3.8) is 0 Å². The van der Waals surface area contributed by atoms with Crippen LogP contribution in [0.3, 0.4) is 0 Å². The molecule has 0 aromatic carbocycles. The van der Waals surface area contributed by atoms with Gasteiger partial charge in [-0.25, -0.2) is 0 Å². The van der Waals surface area contributed by atoms with Crippen molar-refractivity contribution in [1.82, 2.24) is 19.6 Å². The normalized spacial score (nSPS) is 12.2. The maximum absolute atomic E-state index is 9.39. The zero-order valence-electron chi connectivity index (χ0n) is 18.4. The molecular weight excluding hydrogens is 358 g/mol. The van der Waals surface area contributed by atoms with Gasteiger partial charge in [0, 0.05) is 58.9 Å². The summed E-state index contributed by atoms with van der Waals surface area (Å²) in [5.41, 5.74) is 5.57. The van der Waals surface area contributed by atoms with E-state index in [2.05, 4.69) is 33.6 Å². The Morgan fingerprint density at radius 2 is 1.00 bits per heavy atom. The van der Waals surface area contributed by atoms with Crippen molar-refractivity contribution >= 4 is 0 Å². The molecule has 0 aliphatic carbocycles. The molecule has 0 bridgehead atoms. The number of likely N-dealkylation sites (N-methyl/N-ethyl adjacent to an activating group) is 1. The summed E-state index contributed by atoms with van der Waals surface area (Å²) in [6.07, 6.45) is 3.38. The van der Waals surface area contributed by atoms with E-state index >= 15 is 0 Å². The summed E-state index contributed by atoms with van der Waals surface area (Å²) in [6.45, 7) is 13.0. The molecule has 0 aromatic heterocycles. The molecule has 0 atom stereocenters. The third-order valence-electron chi connectivity index (χ3n) is 5.05. The molecule has 0 saturated carbocycles. The average Bonchev–Trinajstić information content (AvgIpc) is 2.68. The van der Waals surface area contributed by atoms with E-state index in [4.69, 9.17) is 15.9 Å². The van der Waals surface area contributed by atoms with Gasteiger partial charge in [0.05, 0.1) is 19.8 Å². The van der Waals surface area contributed by atoms with E-state index in [0.717, 1.165) is 78.2 Å². The van der Waals surface area contributed by atoms with Gasteiger partial charge >= 0.3 is 0 Å². The molecule has 0 spiro atoms. The standard InChI is InChI=1S/C20H47N5O3/c1-3-7-23(10-9-22(2)8-5-4-6-21)11-12-24(15-18-26)13-14-25(16-19-27)17-20-28/h26-28H,3-21H2,1-2H3. The first-order valence-corrected chi connectivity index (χ1v) is 11.0. The minimum absolute atomic E-state index is 0.100. The van der Waals surface area contributed by atoms with Crippen LogP contribution in [-0.2, 0) is 0 Å². The van der Waals surface area contributed by atoms with Gasteiger partial charge in [0.25, 0.3) is 0 Å². The molecule has 0 rings (SSSR count). The van der Waals surface area contributed by atoms with Gasteiger partial charge in [-0.05, 0) is 45.9 Å². The topological polar surface area (TPSA) is 99.7 Å². The molecule has 0 heterocycles. The number of hydrogen-bond donors (Lipinski definition) is 4. The summed E-state index contributed by atoms with van der Waals surface area (Å²) in [5, 5.41) is 27.7. The van der Waals surface area contributed by atoms with Crippen molar-refractivity contribution < 1.29 is 15.3 Å². The first-order valence-electron chi connectivity index (χ1n) is 11.0. The van der Waals surface area contributed by atoms with Gasteiger partial charge in [0.2, 0.25) is 0 Å². The fourth-order valence-corrected chi connectivity index (χ4v) is 3.26. The first-order chi connectivity index (χ1) is 13.6. The van der Waals surface area contributed by atoms with Crippen LogP contribution in [0.4, 0.5) is 0 Å². The second-order valence-electron chi connectivity index (χ2n) is 7.49. The van der Waals surface area contributed by atoms with Crippen molar-refractivity contribution in [3.8, 4) is 0 Å². The molecule has 0 fully saturated rings. The minimum atomic E-state index is 0.100. The molecule has 5 N–H and O–H groups in total. The quantitative estimate of drug-likeness (QED) is 0.180. The lowest BCUT2D eigenvalue weighted by Crippen LogP contribution is -2.43. The summed E-state index contributed by atoms with van der Waals surface area (Å²) < 4.78 is 0. The van der Waals surface area contributed by atoms with Gasteiger partial charge in [-0.3, -0.25) is 9.80 Å². The SMILES string of the molecule is CCCN(CCN(C)CCCCN)CCN(CCO)CCN(CCO)CCO. The molecule has 0 aliphatic rings. The van der Waals surface area contributed by atoms with Crippen molar-refractivity contribution in [3.05, 3.63) is 0 Å². The zero-order chi connectivity index (χ0) is 21.0. The van der Waals surface area contributed by atoms with Crippen LogP contribution >= 0.6 is 0 Å². The Balaban J connectivity index is 4.34. The Hall–Kier alpha value is -0.320. The Morgan fingerprint density at radius 3 is 1.43 bits per heavy atom. The second-order valence-corrected chi connectivity index (χ2v) is 7.49. The highest BCUT2D eigenvalue weighted by Crippen LogP contribution is 1.99. The van der Waals surface area contributed by atoms with Gasteiger partial charge in [-0.2, -0.15) is 0 Å². The largest absolute Gasteiger partial charge is 0.395 e. The minimum Gasteiger partial charge on any atom is -0.395 e. The molecule has 0 saturated heterocycles. The molecule has 0 aliphatic heterocycles. The fraction of sp³-hybridized carbons (Fsp3) is 1.00. The molecular formula is C20H47N5O3. The van der Waals surface area contributed by atoms with Crippen LogP contribution in [0.15, 0.2) is 0 Å². The smallest absolute Gasteiger partial charge is 0.0558 e. The summed E-state index contributed by atoms with van der Waals surface area (Å²) in [5.74, 6) is 0. The van der Waals surface area contributed by atoms with Gasteiger partial charge in [-0.1, -0.05) is 6.92 Å². The van der Waals surface area contributed by atoms with E-state index < -0.39 is 0 Å². The predicted octanol–water partition coefficient (Wildman–Crippen LogP) is -1.05. The number of unbranched alkanes of at least 4 members (excludes halogenated alkanes) is 1. The summed E-state index contributed by atoms with van der Waals surface area (Å²) in [4.78, 5) is 9.22. The van der Waals surface area contributed by atoms with Crippen LogP contribution in [0.2, 0.25) is 0 Å². The van der Waals surface area contributed by atoms with Crippen LogP contribution in [0, 0.1) is 0 Å². The van der Waals surface area contributed by atoms with Crippen molar-refractivity contribution in [2.24, 2.45) is 5.73 Å². The van der Waals surface area contributed by atoms with E-state index in [1.54, 1.807) is 0 Å². The van der Waals surface area contributed by atoms with Crippen molar-refractivity contribution in [1.29, 1.82) is 0 Å². The number of nitrogens with two attached hydrogens (primary N) is 1. The number of nitrogens with zero attached hydrogens (tertiary/aromatic N) is 4. The van der Waals surface area contributed by atoms with E-state index in [9.17, 15) is 5.11 Å². The number of hydrogen-bond acceptors (Lipinski definition) is 8. The van der Waals surface area contributed by atoms with Gasteiger partial charge in [0.1, 0.15) is 0 Å². The highest BCUT2D eigenvalue weighted by Gasteiger charge is 2.12. The summed E-state index contributed by atoms with van der Waals surface area (Å²) >= 11 is 0. The van der Waals surface area contributed by atoms with Crippen LogP contribution in [0.25, 0.3) is 0 Å². The number of aliphatic hydroxyl groups is 3. The maximum atomic E-state index is 9.39. The highest BCUT2D eigenvalue weighted by atomic mass is 16.3. The Kier molecular flexibility index (Phi) is 19.7. The van der Waals surface area contributed by atoms with E-state index in [-0.39, 0.29) is 19.8 Å². The predicted molar refractivity (Wildman–Crippen MR) is 117 cm³/mol. The van der Waals surface area contributed by atoms with E-state index in [0.29, 0.717) is 19.6 Å². The van der Waals surface area contributed by atoms with Crippen LogP contribution in [0.1, 0.15) is 26.2 Å². The van der Waals surface area contributed by atoms with Crippen LogP contribution < -0.4 is 5.73 Å². The third kappa shape index (κ3) is 15.6.